The van der Waals surface area contributed by atoms with Crippen LogP contribution in [0.3, 0.4) is 0 Å². The van der Waals surface area contributed by atoms with Crippen LogP contribution in [-0.4, -0.2) is 21.9 Å². The van der Waals surface area contributed by atoms with Gasteiger partial charge in [-0.05, 0) is 49.0 Å². The van der Waals surface area contributed by atoms with Crippen LogP contribution in [-0.2, 0) is 13.1 Å². The van der Waals surface area contributed by atoms with Crippen LogP contribution in [0.4, 0.5) is 4.39 Å². The van der Waals surface area contributed by atoms with Crippen LogP contribution in [0, 0.1) is 5.82 Å². The summed E-state index contributed by atoms with van der Waals surface area (Å²) >= 11 is 5.73. The predicted octanol–water partition coefficient (Wildman–Crippen LogP) is 3.58. The number of nitrogens with zero attached hydrogens (tertiary/aromatic N) is 2. The molecule has 0 bridgehead atoms. The molecule has 0 aliphatic carbocycles. The first-order chi connectivity index (χ1) is 9.60. The molecular weight excluding hydrogens is 281 g/mol. The van der Waals surface area contributed by atoms with Gasteiger partial charge in [0.15, 0.2) is 5.22 Å². The quantitative estimate of drug-likeness (QED) is 0.799. The van der Waals surface area contributed by atoms with Gasteiger partial charge >= 0.3 is 0 Å². The maximum Gasteiger partial charge on any atom is 0.193 e. The maximum atomic E-state index is 13.1. The minimum Gasteiger partial charge on any atom is -0.448 e. The molecule has 0 saturated carbocycles. The van der Waals surface area contributed by atoms with Crippen molar-refractivity contribution in [3.05, 3.63) is 53.0 Å². The van der Waals surface area contributed by atoms with E-state index in [2.05, 4.69) is 9.97 Å². The van der Waals surface area contributed by atoms with Gasteiger partial charge in [-0.2, -0.15) is 0 Å². The van der Waals surface area contributed by atoms with Gasteiger partial charge in [-0.3, -0.25) is 4.90 Å². The van der Waals surface area contributed by atoms with Crippen molar-refractivity contribution in [2.45, 2.75) is 13.1 Å². The van der Waals surface area contributed by atoms with Crippen molar-refractivity contribution >= 4 is 22.6 Å². The first-order valence-electron chi connectivity index (χ1n) is 6.17. The molecule has 0 saturated heterocycles. The van der Waals surface area contributed by atoms with E-state index >= 15 is 0 Å². The van der Waals surface area contributed by atoms with Crippen LogP contribution in [0.25, 0.3) is 11.0 Å². The van der Waals surface area contributed by atoms with E-state index < -0.39 is 0 Å². The lowest BCUT2D eigenvalue weighted by Gasteiger charge is -2.12. The molecule has 0 atom stereocenters. The topological polar surface area (TPSA) is 45.1 Å². The average Bonchev–Trinajstić information content (AvgIpc) is 2.94. The minimum atomic E-state index is -0.272. The highest BCUT2D eigenvalue weighted by Gasteiger charge is 2.09. The predicted molar refractivity (Wildman–Crippen MR) is 74.9 cm³/mol. The van der Waals surface area contributed by atoms with E-state index in [0.29, 0.717) is 23.8 Å². The molecule has 1 aromatic carbocycles. The number of halogens is 2. The number of aromatic nitrogens is 2. The second-order valence-corrected chi connectivity index (χ2v) is 5.10. The fourth-order valence-electron chi connectivity index (χ4n) is 2.12. The zero-order valence-electron chi connectivity index (χ0n) is 10.9. The molecule has 0 aliphatic rings. The molecule has 2 heterocycles. The summed E-state index contributed by atoms with van der Waals surface area (Å²) in [6, 6.07) is 8.07. The Hall–Kier alpha value is -1.85. The van der Waals surface area contributed by atoms with Gasteiger partial charge in [-0.15, -0.1) is 0 Å². The van der Waals surface area contributed by atoms with Gasteiger partial charge in [-0.1, -0.05) is 0 Å². The number of H-pyrrole nitrogens is 1. The van der Waals surface area contributed by atoms with E-state index in [4.69, 9.17) is 16.0 Å². The molecule has 1 N–H and O–H groups in total. The highest BCUT2D eigenvalue weighted by Crippen LogP contribution is 2.17. The van der Waals surface area contributed by atoms with Gasteiger partial charge in [0.05, 0.1) is 24.1 Å². The second-order valence-electron chi connectivity index (χ2n) is 4.72. The summed E-state index contributed by atoms with van der Waals surface area (Å²) in [4.78, 5) is 9.56. The molecule has 20 heavy (non-hydrogen) atoms. The molecular formula is C14H13ClFN3O. The van der Waals surface area contributed by atoms with Crippen LogP contribution in [0.1, 0.15) is 11.6 Å². The largest absolute Gasteiger partial charge is 0.448 e. The van der Waals surface area contributed by atoms with Crippen LogP contribution in [0.2, 0.25) is 5.22 Å². The third kappa shape index (κ3) is 2.84. The van der Waals surface area contributed by atoms with E-state index in [0.717, 1.165) is 17.1 Å². The molecule has 0 unspecified atom stereocenters. The summed E-state index contributed by atoms with van der Waals surface area (Å²) in [6.45, 7) is 1.23. The van der Waals surface area contributed by atoms with Crippen LogP contribution in [0.15, 0.2) is 34.7 Å². The molecule has 0 radical (unpaired) electrons. The Morgan fingerprint density at radius 1 is 1.30 bits per heavy atom. The van der Waals surface area contributed by atoms with E-state index in [9.17, 15) is 4.39 Å². The molecule has 4 nitrogen and oxygen atoms in total. The summed E-state index contributed by atoms with van der Waals surface area (Å²) in [5.74, 6) is 1.30. The number of nitrogens with one attached hydrogen (secondary N) is 1. The Morgan fingerprint density at radius 3 is 2.90 bits per heavy atom. The second kappa shape index (κ2) is 5.26. The van der Waals surface area contributed by atoms with Crippen molar-refractivity contribution in [3.8, 4) is 0 Å². The molecule has 3 rings (SSSR count). The number of imidazole rings is 1. The van der Waals surface area contributed by atoms with Gasteiger partial charge in [0.25, 0.3) is 0 Å². The summed E-state index contributed by atoms with van der Waals surface area (Å²) in [5.41, 5.74) is 1.46. The number of furan rings is 1. The Bertz CT molecular complexity index is 737. The molecule has 2 aromatic heterocycles. The summed E-state index contributed by atoms with van der Waals surface area (Å²) in [7, 11) is 1.95. The van der Waals surface area contributed by atoms with Crippen molar-refractivity contribution < 1.29 is 8.81 Å². The van der Waals surface area contributed by atoms with Crippen molar-refractivity contribution in [2.75, 3.05) is 7.05 Å². The number of aromatic amines is 1. The molecule has 3 aromatic rings. The van der Waals surface area contributed by atoms with Crippen LogP contribution >= 0.6 is 11.6 Å². The average molecular weight is 294 g/mol. The molecule has 0 fully saturated rings. The van der Waals surface area contributed by atoms with E-state index in [1.807, 2.05) is 18.0 Å². The lowest BCUT2D eigenvalue weighted by atomic mass is 10.3. The van der Waals surface area contributed by atoms with Gasteiger partial charge in [0.2, 0.25) is 0 Å². The fourth-order valence-corrected chi connectivity index (χ4v) is 2.29. The van der Waals surface area contributed by atoms with E-state index in [-0.39, 0.29) is 5.82 Å². The standard InChI is InChI=1S/C14H13ClFN3O/c1-19(7-10-3-5-13(15)20-10)8-14-17-11-4-2-9(16)6-12(11)18-14/h2-6H,7-8H2,1H3,(H,17,18). The third-order valence-corrected chi connectivity index (χ3v) is 3.17. The highest BCUT2D eigenvalue weighted by atomic mass is 35.5. The van der Waals surface area contributed by atoms with Gasteiger partial charge in [0.1, 0.15) is 17.4 Å². The van der Waals surface area contributed by atoms with Crippen molar-refractivity contribution in [1.29, 1.82) is 0 Å². The summed E-state index contributed by atoms with van der Waals surface area (Å²) in [6.07, 6.45) is 0. The molecule has 0 amide bonds. The van der Waals surface area contributed by atoms with Gasteiger partial charge in [0, 0.05) is 0 Å². The Balaban J connectivity index is 1.72. The molecule has 104 valence electrons. The van der Waals surface area contributed by atoms with Gasteiger partial charge < -0.3 is 9.40 Å². The van der Waals surface area contributed by atoms with Crippen molar-refractivity contribution in [3.63, 3.8) is 0 Å². The van der Waals surface area contributed by atoms with Crippen LogP contribution < -0.4 is 0 Å². The third-order valence-electron chi connectivity index (χ3n) is 2.97. The minimum absolute atomic E-state index is 0.272. The number of hydrogen-bond acceptors (Lipinski definition) is 3. The Morgan fingerprint density at radius 2 is 2.15 bits per heavy atom. The van der Waals surface area contributed by atoms with Crippen LogP contribution in [0.5, 0.6) is 0 Å². The normalized spacial score (nSPS) is 11.6. The van der Waals surface area contributed by atoms with Crippen molar-refractivity contribution in [1.82, 2.24) is 14.9 Å². The zero-order valence-corrected chi connectivity index (χ0v) is 11.6. The number of benzene rings is 1. The number of rotatable bonds is 4. The molecule has 0 spiro atoms. The highest BCUT2D eigenvalue weighted by molar-refractivity contribution is 6.28. The Kier molecular flexibility index (Phi) is 3.46. The van der Waals surface area contributed by atoms with Crippen molar-refractivity contribution in [2.24, 2.45) is 0 Å². The lowest BCUT2D eigenvalue weighted by Crippen LogP contribution is -2.17. The van der Waals surface area contributed by atoms with E-state index in [1.165, 1.54) is 12.1 Å². The first kappa shape index (κ1) is 13.1. The summed E-state index contributed by atoms with van der Waals surface area (Å²) < 4.78 is 18.4. The molecule has 0 aliphatic heterocycles. The first-order valence-corrected chi connectivity index (χ1v) is 6.55. The maximum absolute atomic E-state index is 13.1. The number of fused-ring (bicyclic) bond motifs is 1. The Labute approximate surface area is 120 Å². The fraction of sp³-hybridized carbons (Fsp3) is 0.214. The monoisotopic (exact) mass is 293 g/mol. The summed E-state index contributed by atoms with van der Waals surface area (Å²) in [5, 5.41) is 0.382. The molecule has 6 heteroatoms. The zero-order chi connectivity index (χ0) is 14.1. The number of hydrogen-bond donors (Lipinski definition) is 1. The lowest BCUT2D eigenvalue weighted by molar-refractivity contribution is 0.282. The van der Waals surface area contributed by atoms with Gasteiger partial charge in [-0.25, -0.2) is 9.37 Å². The SMILES string of the molecule is CN(Cc1nc2ccc(F)cc2[nH]1)Cc1ccc(Cl)o1. The van der Waals surface area contributed by atoms with E-state index in [1.54, 1.807) is 12.1 Å². The smallest absolute Gasteiger partial charge is 0.193 e.